The summed E-state index contributed by atoms with van der Waals surface area (Å²) in [6.07, 6.45) is 0.286. The molecule has 28 heavy (non-hydrogen) atoms. The predicted molar refractivity (Wildman–Crippen MR) is 111 cm³/mol. The second-order valence-corrected chi connectivity index (χ2v) is 7.23. The van der Waals surface area contributed by atoms with Gasteiger partial charge in [0.05, 0.1) is 22.0 Å². The van der Waals surface area contributed by atoms with Gasteiger partial charge < -0.3 is 15.5 Å². The molecule has 0 radical (unpaired) electrons. The zero-order valence-corrected chi connectivity index (χ0v) is 17.3. The minimum absolute atomic E-state index is 0.00667. The highest BCUT2D eigenvalue weighted by Gasteiger charge is 2.19. The summed E-state index contributed by atoms with van der Waals surface area (Å²) in [5.74, 6) is -0.885. The maximum Gasteiger partial charge on any atom is 0.253 e. The van der Waals surface area contributed by atoms with Crippen LogP contribution in [0.5, 0.6) is 0 Å². The molecule has 0 heterocycles. The number of benzene rings is 2. The first-order valence-electron chi connectivity index (χ1n) is 8.54. The highest BCUT2D eigenvalue weighted by molar-refractivity contribution is 6.43. The second kappa shape index (κ2) is 9.57. The quantitative estimate of drug-likeness (QED) is 0.749. The van der Waals surface area contributed by atoms with E-state index >= 15 is 0 Å². The Morgan fingerprint density at radius 3 is 2.29 bits per heavy atom. The van der Waals surface area contributed by atoms with E-state index in [2.05, 4.69) is 10.6 Å². The lowest BCUT2D eigenvalue weighted by molar-refractivity contribution is -0.128. The molecule has 2 aromatic rings. The van der Waals surface area contributed by atoms with Gasteiger partial charge in [-0.25, -0.2) is 0 Å². The molecule has 0 bridgehead atoms. The van der Waals surface area contributed by atoms with Crippen LogP contribution in [-0.2, 0) is 16.0 Å². The second-order valence-electron chi connectivity index (χ2n) is 6.45. The summed E-state index contributed by atoms with van der Waals surface area (Å²) >= 11 is 11.9. The van der Waals surface area contributed by atoms with Gasteiger partial charge in [-0.05, 0) is 36.8 Å². The lowest BCUT2D eigenvalue weighted by atomic mass is 10.1. The molecule has 2 aromatic carbocycles. The van der Waals surface area contributed by atoms with E-state index in [0.29, 0.717) is 5.69 Å². The van der Waals surface area contributed by atoms with Crippen LogP contribution in [0.4, 0.5) is 5.69 Å². The van der Waals surface area contributed by atoms with Gasteiger partial charge in [0, 0.05) is 19.8 Å². The fourth-order valence-corrected chi connectivity index (χ4v) is 2.69. The van der Waals surface area contributed by atoms with Crippen LogP contribution in [-0.4, -0.2) is 42.8 Å². The normalized spacial score (nSPS) is 11.5. The number of halogens is 2. The average Bonchev–Trinajstić information content (AvgIpc) is 2.65. The molecular formula is C20H21Cl2N3O3. The van der Waals surface area contributed by atoms with Crippen molar-refractivity contribution >= 4 is 46.6 Å². The highest BCUT2D eigenvalue weighted by atomic mass is 35.5. The van der Waals surface area contributed by atoms with Crippen LogP contribution in [0.3, 0.4) is 0 Å². The van der Waals surface area contributed by atoms with Crippen LogP contribution < -0.4 is 10.6 Å². The smallest absolute Gasteiger partial charge is 0.253 e. The molecule has 8 heteroatoms. The Kier molecular flexibility index (Phi) is 7.43. The summed E-state index contributed by atoms with van der Waals surface area (Å²) in [5.41, 5.74) is 1.60. The Labute approximate surface area is 173 Å². The summed E-state index contributed by atoms with van der Waals surface area (Å²) < 4.78 is 0. The molecular weight excluding hydrogens is 401 g/mol. The lowest BCUT2D eigenvalue weighted by Gasteiger charge is -2.15. The molecule has 0 saturated carbocycles. The molecule has 0 aromatic heterocycles. The van der Waals surface area contributed by atoms with Crippen LogP contribution in [0.2, 0.25) is 10.0 Å². The van der Waals surface area contributed by atoms with Gasteiger partial charge in [0.15, 0.2) is 0 Å². The summed E-state index contributed by atoms with van der Waals surface area (Å²) in [6, 6.07) is 10.9. The van der Waals surface area contributed by atoms with Gasteiger partial charge in [-0.3, -0.25) is 14.4 Å². The number of nitrogens with one attached hydrogen (secondary N) is 2. The zero-order chi connectivity index (χ0) is 20.8. The lowest BCUT2D eigenvalue weighted by Crippen LogP contribution is -2.41. The molecule has 2 rings (SSSR count). The molecule has 3 amide bonds. The van der Waals surface area contributed by atoms with Crippen molar-refractivity contribution in [3.05, 3.63) is 63.6 Å². The largest absolute Gasteiger partial charge is 0.349 e. The van der Waals surface area contributed by atoms with E-state index in [1.165, 1.54) is 11.0 Å². The average molecular weight is 422 g/mol. The first-order valence-corrected chi connectivity index (χ1v) is 9.29. The van der Waals surface area contributed by atoms with Crippen molar-refractivity contribution in [2.45, 2.75) is 19.4 Å². The third-order valence-electron chi connectivity index (χ3n) is 4.01. The van der Waals surface area contributed by atoms with E-state index < -0.39 is 11.9 Å². The minimum atomic E-state index is -0.794. The Morgan fingerprint density at radius 1 is 1.04 bits per heavy atom. The van der Waals surface area contributed by atoms with E-state index in [1.54, 1.807) is 57.4 Å². The molecule has 0 saturated heterocycles. The van der Waals surface area contributed by atoms with Gasteiger partial charge in [-0.15, -0.1) is 0 Å². The van der Waals surface area contributed by atoms with E-state index in [0.717, 1.165) is 5.56 Å². The minimum Gasteiger partial charge on any atom is -0.349 e. The fourth-order valence-electron chi connectivity index (χ4n) is 2.31. The van der Waals surface area contributed by atoms with Gasteiger partial charge in [-0.1, -0.05) is 41.4 Å². The molecule has 1 atom stereocenters. The molecule has 0 spiro atoms. The van der Waals surface area contributed by atoms with Gasteiger partial charge in [0.1, 0.15) is 6.04 Å². The van der Waals surface area contributed by atoms with Gasteiger partial charge in [0.25, 0.3) is 5.91 Å². The molecule has 0 fully saturated rings. The number of likely N-dealkylation sites (N-methyl/N-ethyl adjacent to an activating group) is 1. The van der Waals surface area contributed by atoms with Crippen molar-refractivity contribution < 1.29 is 14.4 Å². The van der Waals surface area contributed by atoms with Crippen LogP contribution in [0.25, 0.3) is 0 Å². The van der Waals surface area contributed by atoms with Crippen molar-refractivity contribution in [2.24, 2.45) is 0 Å². The van der Waals surface area contributed by atoms with Gasteiger partial charge in [0.2, 0.25) is 11.8 Å². The van der Waals surface area contributed by atoms with Crippen LogP contribution in [0.1, 0.15) is 22.8 Å². The summed E-state index contributed by atoms with van der Waals surface area (Å²) in [4.78, 5) is 37.9. The maximum absolute atomic E-state index is 12.3. The Bertz CT molecular complexity index is 883. The predicted octanol–water partition coefficient (Wildman–Crippen LogP) is 3.38. The summed E-state index contributed by atoms with van der Waals surface area (Å²) in [5, 5.41) is 5.71. The van der Waals surface area contributed by atoms with Crippen LogP contribution in [0, 0.1) is 0 Å². The Balaban J connectivity index is 1.95. The van der Waals surface area contributed by atoms with Crippen molar-refractivity contribution in [2.75, 3.05) is 19.4 Å². The van der Waals surface area contributed by atoms with Gasteiger partial charge in [-0.2, -0.15) is 0 Å². The van der Waals surface area contributed by atoms with E-state index in [4.69, 9.17) is 23.2 Å². The number of amides is 3. The van der Waals surface area contributed by atoms with Crippen molar-refractivity contribution in [1.82, 2.24) is 10.2 Å². The van der Waals surface area contributed by atoms with E-state index in [-0.39, 0.29) is 33.8 Å². The molecule has 2 N–H and O–H groups in total. The number of hydrogen-bond acceptors (Lipinski definition) is 3. The number of nitrogens with zero attached hydrogens (tertiary/aromatic N) is 1. The third-order valence-corrected chi connectivity index (χ3v) is 4.83. The Hall–Kier alpha value is -2.57. The summed E-state index contributed by atoms with van der Waals surface area (Å²) in [7, 11) is 3.40. The van der Waals surface area contributed by atoms with E-state index in [9.17, 15) is 14.4 Å². The number of carbonyl (C=O) groups excluding carboxylic acids is 3. The van der Waals surface area contributed by atoms with Gasteiger partial charge >= 0.3 is 0 Å². The number of carbonyl (C=O) groups is 3. The molecule has 6 nitrogen and oxygen atoms in total. The van der Waals surface area contributed by atoms with Crippen LogP contribution >= 0.6 is 23.2 Å². The topological polar surface area (TPSA) is 78.5 Å². The molecule has 148 valence electrons. The first kappa shape index (κ1) is 21.7. The molecule has 0 aliphatic rings. The third kappa shape index (κ3) is 5.71. The Morgan fingerprint density at radius 2 is 1.68 bits per heavy atom. The maximum atomic E-state index is 12.3. The SMILES string of the molecule is CC(NC(=O)c1cccc(Cl)c1Cl)C(=O)Nc1ccc(CC(=O)N(C)C)cc1. The number of rotatable bonds is 6. The number of hydrogen-bond donors (Lipinski definition) is 2. The van der Waals surface area contributed by atoms with Crippen LogP contribution in [0.15, 0.2) is 42.5 Å². The molecule has 0 aliphatic heterocycles. The zero-order valence-electron chi connectivity index (χ0n) is 15.8. The van der Waals surface area contributed by atoms with Crippen molar-refractivity contribution in [3.63, 3.8) is 0 Å². The molecule has 1 unspecified atom stereocenters. The monoisotopic (exact) mass is 421 g/mol. The molecule has 0 aliphatic carbocycles. The first-order chi connectivity index (χ1) is 13.2. The van der Waals surface area contributed by atoms with E-state index in [1.807, 2.05) is 0 Å². The summed E-state index contributed by atoms with van der Waals surface area (Å²) in [6.45, 7) is 1.57. The standard InChI is InChI=1S/C20H21Cl2N3O3/c1-12(23-20(28)15-5-4-6-16(21)18(15)22)19(27)24-14-9-7-13(8-10-14)11-17(26)25(2)3/h4-10,12H,11H2,1-3H3,(H,23,28)(H,24,27). The fraction of sp³-hybridized carbons (Fsp3) is 0.250. The number of anilines is 1. The highest BCUT2D eigenvalue weighted by Crippen LogP contribution is 2.25. The van der Waals surface area contributed by atoms with Crippen molar-refractivity contribution in [1.29, 1.82) is 0 Å². The van der Waals surface area contributed by atoms with Crippen molar-refractivity contribution in [3.8, 4) is 0 Å².